The smallest absolute Gasteiger partial charge is 0.255 e. The highest BCUT2D eigenvalue weighted by Gasteiger charge is 2.20. The number of halogens is 3. The summed E-state index contributed by atoms with van der Waals surface area (Å²) in [6.45, 7) is -0.171. The largest absolute Gasteiger partial charge is 0.321 e. The quantitative estimate of drug-likeness (QED) is 0.532. The van der Waals surface area contributed by atoms with Crippen molar-refractivity contribution >= 4 is 50.5 Å². The maximum atomic E-state index is 14.0. The first-order valence-electron chi connectivity index (χ1n) is 8.73. The van der Waals surface area contributed by atoms with Crippen molar-refractivity contribution in [2.45, 2.75) is 6.54 Å². The van der Waals surface area contributed by atoms with Gasteiger partial charge in [0.05, 0.1) is 29.2 Å². The van der Waals surface area contributed by atoms with Crippen LogP contribution in [0.3, 0.4) is 0 Å². The van der Waals surface area contributed by atoms with Crippen molar-refractivity contribution in [2.24, 2.45) is 0 Å². The number of amides is 1. The third-order valence-corrected chi connectivity index (χ3v) is 5.97. The molecule has 3 aromatic rings. The predicted molar refractivity (Wildman–Crippen MR) is 118 cm³/mol. The molecule has 9 heteroatoms. The normalized spacial score (nSPS) is 11.2. The van der Waals surface area contributed by atoms with Gasteiger partial charge >= 0.3 is 0 Å². The van der Waals surface area contributed by atoms with E-state index in [4.69, 9.17) is 23.2 Å². The van der Waals surface area contributed by atoms with Crippen LogP contribution < -0.4 is 9.62 Å². The molecular weight excluding hydrogens is 450 g/mol. The Morgan fingerprint density at radius 1 is 1.03 bits per heavy atom. The zero-order valence-electron chi connectivity index (χ0n) is 15.8. The van der Waals surface area contributed by atoms with E-state index in [0.29, 0.717) is 21.4 Å². The molecule has 0 aliphatic carbocycles. The lowest BCUT2D eigenvalue weighted by atomic mass is 10.1. The number of carbonyl (C=O) groups is 1. The van der Waals surface area contributed by atoms with Gasteiger partial charge in [0.1, 0.15) is 5.82 Å². The first-order chi connectivity index (χ1) is 14.1. The van der Waals surface area contributed by atoms with Crippen LogP contribution in [0.25, 0.3) is 0 Å². The third-order valence-electron chi connectivity index (χ3n) is 4.27. The van der Waals surface area contributed by atoms with Crippen LogP contribution in [0.1, 0.15) is 15.9 Å². The number of carbonyl (C=O) groups excluding carboxylic acids is 1. The molecule has 0 aliphatic rings. The number of nitrogens with zero attached hydrogens (tertiary/aromatic N) is 1. The average molecular weight is 467 g/mol. The van der Waals surface area contributed by atoms with E-state index in [1.807, 2.05) is 0 Å². The maximum Gasteiger partial charge on any atom is 0.255 e. The molecular formula is C21H17Cl2FN2O3S. The summed E-state index contributed by atoms with van der Waals surface area (Å²) in [5.41, 5.74) is 1.18. The first-order valence-corrected chi connectivity index (χ1v) is 11.3. The second kappa shape index (κ2) is 9.04. The van der Waals surface area contributed by atoms with Gasteiger partial charge < -0.3 is 5.32 Å². The second-order valence-electron chi connectivity index (χ2n) is 6.49. The van der Waals surface area contributed by atoms with Crippen molar-refractivity contribution in [3.8, 4) is 0 Å². The molecule has 0 bridgehead atoms. The lowest BCUT2D eigenvalue weighted by Gasteiger charge is -2.23. The Balaban J connectivity index is 1.84. The monoisotopic (exact) mass is 466 g/mol. The molecule has 0 aromatic heterocycles. The Morgan fingerprint density at radius 3 is 2.33 bits per heavy atom. The molecule has 3 rings (SSSR count). The van der Waals surface area contributed by atoms with Crippen molar-refractivity contribution in [2.75, 3.05) is 15.9 Å². The summed E-state index contributed by atoms with van der Waals surface area (Å²) in [7, 11) is -3.69. The van der Waals surface area contributed by atoms with E-state index in [0.717, 1.165) is 10.6 Å². The molecule has 1 N–H and O–H groups in total. The van der Waals surface area contributed by atoms with Gasteiger partial charge in [0.25, 0.3) is 5.91 Å². The first kappa shape index (κ1) is 22.1. The number of anilines is 2. The minimum atomic E-state index is -3.69. The molecule has 0 aliphatic heterocycles. The van der Waals surface area contributed by atoms with Gasteiger partial charge in [-0.25, -0.2) is 12.8 Å². The molecule has 1 amide bonds. The van der Waals surface area contributed by atoms with Crippen molar-refractivity contribution < 1.29 is 17.6 Å². The van der Waals surface area contributed by atoms with Crippen LogP contribution in [0.5, 0.6) is 0 Å². The Kier molecular flexibility index (Phi) is 6.65. The summed E-state index contributed by atoms with van der Waals surface area (Å²) < 4.78 is 39.6. The van der Waals surface area contributed by atoms with Gasteiger partial charge in [-0.15, -0.1) is 0 Å². The van der Waals surface area contributed by atoms with E-state index in [9.17, 15) is 17.6 Å². The molecule has 0 heterocycles. The van der Waals surface area contributed by atoms with Gasteiger partial charge in [-0.05, 0) is 48.5 Å². The van der Waals surface area contributed by atoms with Crippen LogP contribution in [-0.4, -0.2) is 20.6 Å². The predicted octanol–water partition coefficient (Wildman–Crippen LogP) is 5.35. The number of nitrogens with one attached hydrogen (secondary N) is 1. The van der Waals surface area contributed by atoms with E-state index >= 15 is 0 Å². The summed E-state index contributed by atoms with van der Waals surface area (Å²) in [5, 5.41) is 3.41. The molecule has 0 atom stereocenters. The Morgan fingerprint density at radius 2 is 1.70 bits per heavy atom. The fourth-order valence-corrected chi connectivity index (χ4v) is 3.96. The number of hydrogen-bond donors (Lipinski definition) is 1. The van der Waals surface area contributed by atoms with Crippen LogP contribution in [0.15, 0.2) is 66.7 Å². The zero-order valence-corrected chi connectivity index (χ0v) is 18.1. The molecule has 0 radical (unpaired) electrons. The molecule has 0 spiro atoms. The number of benzene rings is 3. The molecule has 5 nitrogen and oxygen atoms in total. The molecule has 0 saturated carbocycles. The van der Waals surface area contributed by atoms with Crippen LogP contribution >= 0.6 is 23.2 Å². The SMILES string of the molecule is CS(=O)(=O)N(Cc1ccccc1F)c1ccc(C(=O)Nc2cc(Cl)ccc2Cl)cc1. The van der Waals surface area contributed by atoms with Gasteiger partial charge in [-0.1, -0.05) is 41.4 Å². The third kappa shape index (κ3) is 5.30. The summed E-state index contributed by atoms with van der Waals surface area (Å²) in [5.74, 6) is -0.939. The van der Waals surface area contributed by atoms with E-state index in [-0.39, 0.29) is 17.7 Å². The van der Waals surface area contributed by atoms with E-state index < -0.39 is 21.7 Å². The van der Waals surface area contributed by atoms with Crippen molar-refractivity contribution in [1.82, 2.24) is 0 Å². The Bertz CT molecular complexity index is 1190. The summed E-state index contributed by atoms with van der Waals surface area (Å²) in [6, 6.07) is 16.6. The Hall–Kier alpha value is -2.61. The van der Waals surface area contributed by atoms with Gasteiger partial charge in [0, 0.05) is 16.1 Å². The van der Waals surface area contributed by atoms with Crippen LogP contribution in [0.4, 0.5) is 15.8 Å². The van der Waals surface area contributed by atoms with E-state index in [2.05, 4.69) is 5.32 Å². The standard InChI is InChI=1S/C21H17Cl2FN2O3S/c1-30(28,29)26(13-15-4-2-3-5-19(15)24)17-9-6-14(7-10-17)21(27)25-20-12-16(22)8-11-18(20)23/h2-12H,13H2,1H3,(H,25,27). The fraction of sp³-hybridized carbons (Fsp3) is 0.0952. The lowest BCUT2D eigenvalue weighted by Crippen LogP contribution is -2.29. The lowest BCUT2D eigenvalue weighted by molar-refractivity contribution is 0.102. The fourth-order valence-electron chi connectivity index (χ4n) is 2.75. The minimum Gasteiger partial charge on any atom is -0.321 e. The van der Waals surface area contributed by atoms with Crippen molar-refractivity contribution in [3.05, 3.63) is 93.7 Å². The van der Waals surface area contributed by atoms with Crippen molar-refractivity contribution in [1.29, 1.82) is 0 Å². The molecule has 30 heavy (non-hydrogen) atoms. The summed E-state index contributed by atoms with van der Waals surface area (Å²) >= 11 is 12.0. The van der Waals surface area contributed by atoms with Gasteiger partial charge in [0.15, 0.2) is 0 Å². The van der Waals surface area contributed by atoms with Crippen LogP contribution in [0, 0.1) is 5.82 Å². The highest BCUT2D eigenvalue weighted by Crippen LogP contribution is 2.27. The summed E-state index contributed by atoms with van der Waals surface area (Å²) in [4.78, 5) is 12.5. The molecule has 0 fully saturated rings. The topological polar surface area (TPSA) is 66.5 Å². The van der Waals surface area contributed by atoms with Crippen molar-refractivity contribution in [3.63, 3.8) is 0 Å². The van der Waals surface area contributed by atoms with Gasteiger partial charge in [-0.3, -0.25) is 9.10 Å². The molecule has 0 unspecified atom stereocenters. The molecule has 0 saturated heterocycles. The number of sulfonamides is 1. The Labute approximate surface area is 184 Å². The van der Waals surface area contributed by atoms with E-state index in [1.165, 1.54) is 48.5 Å². The van der Waals surface area contributed by atoms with Crippen LogP contribution in [0.2, 0.25) is 10.0 Å². The van der Waals surface area contributed by atoms with Crippen LogP contribution in [-0.2, 0) is 16.6 Å². The molecule has 156 valence electrons. The van der Waals surface area contributed by atoms with Gasteiger partial charge in [0.2, 0.25) is 10.0 Å². The van der Waals surface area contributed by atoms with Gasteiger partial charge in [-0.2, -0.15) is 0 Å². The average Bonchev–Trinajstić information content (AvgIpc) is 2.69. The highest BCUT2D eigenvalue weighted by molar-refractivity contribution is 7.92. The zero-order chi connectivity index (χ0) is 21.9. The minimum absolute atomic E-state index is 0.171. The van der Waals surface area contributed by atoms with E-state index in [1.54, 1.807) is 18.2 Å². The summed E-state index contributed by atoms with van der Waals surface area (Å²) in [6.07, 6.45) is 1.04. The number of hydrogen-bond acceptors (Lipinski definition) is 3. The second-order valence-corrected chi connectivity index (χ2v) is 9.24. The number of rotatable bonds is 6. The molecule has 3 aromatic carbocycles. The highest BCUT2D eigenvalue weighted by atomic mass is 35.5. The maximum absolute atomic E-state index is 14.0.